The summed E-state index contributed by atoms with van der Waals surface area (Å²) in [6.45, 7) is 4.18. The standard InChI is InChI=1S/C15H18BrN3O2/c1-10-6-14-12(7-13(10)16)9-19(17-14)8-11-2-4-18(5-3-11)15(20)21/h6-7,9,11H,2-5,8H2,1H3,(H,20,21). The first-order valence-corrected chi connectivity index (χ1v) is 7.93. The number of amides is 1. The van der Waals surface area contributed by atoms with Crippen molar-refractivity contribution >= 4 is 32.9 Å². The summed E-state index contributed by atoms with van der Waals surface area (Å²) in [6, 6.07) is 4.18. The minimum Gasteiger partial charge on any atom is -0.465 e. The van der Waals surface area contributed by atoms with Crippen LogP contribution >= 0.6 is 15.9 Å². The molecule has 5 nitrogen and oxygen atoms in total. The van der Waals surface area contributed by atoms with E-state index in [1.54, 1.807) is 0 Å². The lowest BCUT2D eigenvalue weighted by molar-refractivity contribution is 0.121. The van der Waals surface area contributed by atoms with Crippen molar-refractivity contribution in [2.75, 3.05) is 13.1 Å². The Morgan fingerprint density at radius 2 is 2.14 bits per heavy atom. The van der Waals surface area contributed by atoms with E-state index in [4.69, 9.17) is 5.11 Å². The summed E-state index contributed by atoms with van der Waals surface area (Å²) in [5.41, 5.74) is 2.20. The van der Waals surface area contributed by atoms with Gasteiger partial charge in [0, 0.05) is 35.7 Å². The smallest absolute Gasteiger partial charge is 0.407 e. The Morgan fingerprint density at radius 3 is 2.81 bits per heavy atom. The highest BCUT2D eigenvalue weighted by Gasteiger charge is 2.22. The Bertz CT molecular complexity index is 636. The Hall–Kier alpha value is -1.56. The molecule has 0 unspecified atom stereocenters. The monoisotopic (exact) mass is 351 g/mol. The van der Waals surface area contributed by atoms with Gasteiger partial charge in [-0.05, 0) is 43.4 Å². The molecule has 1 aliphatic heterocycles. The van der Waals surface area contributed by atoms with Gasteiger partial charge in [-0.15, -0.1) is 0 Å². The van der Waals surface area contributed by atoms with E-state index in [1.807, 2.05) is 4.68 Å². The number of nitrogens with zero attached hydrogens (tertiary/aromatic N) is 3. The molecular formula is C15H18BrN3O2. The number of halogens is 1. The number of rotatable bonds is 2. The zero-order valence-corrected chi connectivity index (χ0v) is 13.5. The number of piperidine rings is 1. The Balaban J connectivity index is 1.70. The topological polar surface area (TPSA) is 58.4 Å². The Morgan fingerprint density at radius 1 is 1.43 bits per heavy atom. The fourth-order valence-corrected chi connectivity index (χ4v) is 3.23. The Labute approximate surface area is 131 Å². The molecule has 0 spiro atoms. The van der Waals surface area contributed by atoms with Gasteiger partial charge in [0.25, 0.3) is 0 Å². The number of likely N-dealkylation sites (tertiary alicyclic amines) is 1. The van der Waals surface area contributed by atoms with Gasteiger partial charge >= 0.3 is 6.09 Å². The SMILES string of the molecule is Cc1cc2nn(CC3CCN(C(=O)O)CC3)cc2cc1Br. The summed E-state index contributed by atoms with van der Waals surface area (Å²) in [7, 11) is 0. The minimum atomic E-state index is -0.807. The maximum absolute atomic E-state index is 10.9. The second-order valence-corrected chi connectivity index (χ2v) is 6.58. The molecule has 21 heavy (non-hydrogen) atoms. The predicted octanol–water partition coefficient (Wildman–Crippen LogP) is 3.50. The maximum atomic E-state index is 10.9. The van der Waals surface area contributed by atoms with Gasteiger partial charge in [0.15, 0.2) is 0 Å². The third-order valence-electron chi connectivity index (χ3n) is 4.16. The molecule has 0 aliphatic carbocycles. The molecule has 2 heterocycles. The highest BCUT2D eigenvalue weighted by Crippen LogP contribution is 2.24. The van der Waals surface area contributed by atoms with E-state index in [2.05, 4.69) is 46.3 Å². The second kappa shape index (κ2) is 5.67. The van der Waals surface area contributed by atoms with Crippen molar-refractivity contribution in [1.29, 1.82) is 0 Å². The summed E-state index contributed by atoms with van der Waals surface area (Å²) in [5, 5.41) is 14.7. The molecule has 6 heteroatoms. The molecule has 0 radical (unpaired) electrons. The molecule has 0 saturated carbocycles. The quantitative estimate of drug-likeness (QED) is 0.900. The first kappa shape index (κ1) is 14.4. The largest absolute Gasteiger partial charge is 0.465 e. The van der Waals surface area contributed by atoms with Crippen LogP contribution in [0.2, 0.25) is 0 Å². The molecule has 1 aromatic heterocycles. The van der Waals surface area contributed by atoms with E-state index < -0.39 is 6.09 Å². The lowest BCUT2D eigenvalue weighted by atomic mass is 9.97. The fraction of sp³-hybridized carbons (Fsp3) is 0.467. The average molecular weight is 352 g/mol. The van der Waals surface area contributed by atoms with E-state index in [-0.39, 0.29) is 0 Å². The van der Waals surface area contributed by atoms with Crippen LogP contribution in [0.25, 0.3) is 10.9 Å². The van der Waals surface area contributed by atoms with Crippen LogP contribution in [0.3, 0.4) is 0 Å². The normalized spacial score (nSPS) is 16.6. The van der Waals surface area contributed by atoms with Crippen molar-refractivity contribution in [3.05, 3.63) is 28.4 Å². The van der Waals surface area contributed by atoms with Crippen LogP contribution in [0.4, 0.5) is 4.79 Å². The lowest BCUT2D eigenvalue weighted by Gasteiger charge is -2.29. The number of carbonyl (C=O) groups is 1. The number of hydrogen-bond acceptors (Lipinski definition) is 2. The van der Waals surface area contributed by atoms with E-state index in [0.29, 0.717) is 19.0 Å². The third-order valence-corrected chi connectivity index (χ3v) is 5.02. The Kier molecular flexibility index (Phi) is 3.89. The molecule has 1 N–H and O–H groups in total. The van der Waals surface area contributed by atoms with Crippen molar-refractivity contribution in [3.8, 4) is 0 Å². The number of aryl methyl sites for hydroxylation is 1. The summed E-state index contributed by atoms with van der Waals surface area (Å²) in [4.78, 5) is 12.4. The van der Waals surface area contributed by atoms with Gasteiger partial charge in [-0.3, -0.25) is 4.68 Å². The highest BCUT2D eigenvalue weighted by molar-refractivity contribution is 9.10. The number of aromatic nitrogens is 2. The van der Waals surface area contributed by atoms with Crippen molar-refractivity contribution in [2.45, 2.75) is 26.3 Å². The molecule has 1 aromatic carbocycles. The number of carboxylic acid groups (broad SMARTS) is 1. The molecule has 1 aliphatic rings. The van der Waals surface area contributed by atoms with Gasteiger partial charge in [0.05, 0.1) is 5.52 Å². The van der Waals surface area contributed by atoms with Crippen molar-refractivity contribution in [1.82, 2.24) is 14.7 Å². The van der Waals surface area contributed by atoms with Gasteiger partial charge in [-0.2, -0.15) is 5.10 Å². The van der Waals surface area contributed by atoms with Crippen molar-refractivity contribution < 1.29 is 9.90 Å². The van der Waals surface area contributed by atoms with Crippen LogP contribution in [0, 0.1) is 12.8 Å². The van der Waals surface area contributed by atoms with Crippen LogP contribution in [-0.4, -0.2) is 39.0 Å². The van der Waals surface area contributed by atoms with Crippen LogP contribution in [0.1, 0.15) is 18.4 Å². The van der Waals surface area contributed by atoms with E-state index >= 15 is 0 Å². The minimum absolute atomic E-state index is 0.499. The molecular weight excluding hydrogens is 334 g/mol. The number of fused-ring (bicyclic) bond motifs is 1. The van der Waals surface area contributed by atoms with Gasteiger partial charge in [-0.1, -0.05) is 15.9 Å². The summed E-state index contributed by atoms with van der Waals surface area (Å²) in [6.07, 6.45) is 3.08. The maximum Gasteiger partial charge on any atom is 0.407 e. The predicted molar refractivity (Wildman–Crippen MR) is 84.5 cm³/mol. The molecule has 0 atom stereocenters. The summed E-state index contributed by atoms with van der Waals surface area (Å²) in [5.74, 6) is 0.499. The first-order valence-electron chi connectivity index (χ1n) is 7.14. The zero-order valence-electron chi connectivity index (χ0n) is 11.9. The van der Waals surface area contributed by atoms with Crippen molar-refractivity contribution in [3.63, 3.8) is 0 Å². The van der Waals surface area contributed by atoms with Crippen LogP contribution in [0.15, 0.2) is 22.8 Å². The summed E-state index contributed by atoms with van der Waals surface area (Å²) >= 11 is 3.55. The fourth-order valence-electron chi connectivity index (χ4n) is 2.86. The first-order chi connectivity index (χ1) is 10.0. The van der Waals surface area contributed by atoms with Gasteiger partial charge < -0.3 is 10.0 Å². The van der Waals surface area contributed by atoms with E-state index in [9.17, 15) is 4.79 Å². The molecule has 3 rings (SSSR count). The molecule has 1 fully saturated rings. The third kappa shape index (κ3) is 3.05. The second-order valence-electron chi connectivity index (χ2n) is 5.72. The zero-order chi connectivity index (χ0) is 15.0. The number of benzene rings is 1. The summed E-state index contributed by atoms with van der Waals surface area (Å²) < 4.78 is 3.10. The van der Waals surface area contributed by atoms with Gasteiger partial charge in [0.2, 0.25) is 0 Å². The van der Waals surface area contributed by atoms with Gasteiger partial charge in [-0.25, -0.2) is 4.79 Å². The van der Waals surface area contributed by atoms with Gasteiger partial charge in [0.1, 0.15) is 0 Å². The molecule has 112 valence electrons. The molecule has 2 aromatic rings. The lowest BCUT2D eigenvalue weighted by Crippen LogP contribution is -2.38. The van der Waals surface area contributed by atoms with E-state index in [1.165, 1.54) is 10.5 Å². The van der Waals surface area contributed by atoms with Crippen LogP contribution < -0.4 is 0 Å². The molecule has 1 saturated heterocycles. The van der Waals surface area contributed by atoms with Crippen LogP contribution in [0.5, 0.6) is 0 Å². The molecule has 0 bridgehead atoms. The van der Waals surface area contributed by atoms with Crippen LogP contribution in [-0.2, 0) is 6.54 Å². The molecule has 1 amide bonds. The van der Waals surface area contributed by atoms with E-state index in [0.717, 1.165) is 34.8 Å². The van der Waals surface area contributed by atoms with Crippen molar-refractivity contribution in [2.24, 2.45) is 5.92 Å². The highest BCUT2D eigenvalue weighted by atomic mass is 79.9. The average Bonchev–Trinajstić information content (AvgIpc) is 2.81. The number of hydrogen-bond donors (Lipinski definition) is 1.